The smallest absolute Gasteiger partial charge is 0.279 e. The van der Waals surface area contributed by atoms with Gasteiger partial charge in [-0.25, -0.2) is 0 Å². The lowest BCUT2D eigenvalue weighted by Gasteiger charge is -2.16. The predicted molar refractivity (Wildman–Crippen MR) is 95.2 cm³/mol. The van der Waals surface area contributed by atoms with Gasteiger partial charge in [0.25, 0.3) is 5.91 Å². The van der Waals surface area contributed by atoms with Crippen molar-refractivity contribution in [1.82, 2.24) is 10.9 Å². The van der Waals surface area contributed by atoms with Crippen molar-refractivity contribution in [2.24, 2.45) is 5.92 Å². The molecule has 25 heavy (non-hydrogen) atoms. The maximum absolute atomic E-state index is 12.0. The van der Waals surface area contributed by atoms with Crippen LogP contribution in [0.3, 0.4) is 0 Å². The summed E-state index contributed by atoms with van der Waals surface area (Å²) in [6.07, 6.45) is 5.58. The van der Waals surface area contributed by atoms with E-state index in [-0.39, 0.29) is 11.8 Å². The van der Waals surface area contributed by atoms with Gasteiger partial charge in [0.1, 0.15) is 11.5 Å². The Morgan fingerprint density at radius 1 is 1.12 bits per heavy atom. The van der Waals surface area contributed by atoms with Crippen LogP contribution in [0.5, 0.6) is 11.5 Å². The molecule has 2 rings (SSSR count). The Labute approximate surface area is 149 Å². The fraction of sp³-hybridized carbons (Fsp3) is 0.579. The highest BCUT2D eigenvalue weighted by molar-refractivity contribution is 5.84. The lowest BCUT2D eigenvalue weighted by Crippen LogP contribution is -2.47. The van der Waals surface area contributed by atoms with Gasteiger partial charge in [0.05, 0.1) is 6.61 Å². The molecule has 138 valence electrons. The third-order valence-corrected chi connectivity index (χ3v) is 4.40. The van der Waals surface area contributed by atoms with Crippen LogP contribution in [0.25, 0.3) is 0 Å². The highest BCUT2D eigenvalue weighted by Gasteiger charge is 2.18. The van der Waals surface area contributed by atoms with Crippen molar-refractivity contribution in [3.63, 3.8) is 0 Å². The summed E-state index contributed by atoms with van der Waals surface area (Å²) in [7, 11) is 0. The molecule has 0 aromatic heterocycles. The summed E-state index contributed by atoms with van der Waals surface area (Å²) in [5.41, 5.74) is 4.88. The molecule has 2 amide bonds. The maximum Gasteiger partial charge on any atom is 0.279 e. The van der Waals surface area contributed by atoms with E-state index in [0.29, 0.717) is 24.7 Å². The van der Waals surface area contributed by atoms with Crippen LogP contribution in [-0.2, 0) is 9.59 Å². The molecule has 2 N–H and O–H groups in total. The zero-order chi connectivity index (χ0) is 18.1. The minimum atomic E-state index is -0.715. The molecule has 1 aliphatic carbocycles. The molecule has 6 heteroatoms. The van der Waals surface area contributed by atoms with Crippen molar-refractivity contribution >= 4 is 11.8 Å². The minimum Gasteiger partial charge on any atom is -0.494 e. The van der Waals surface area contributed by atoms with Crippen molar-refractivity contribution in [2.75, 3.05) is 6.61 Å². The number of hydrogen-bond acceptors (Lipinski definition) is 4. The van der Waals surface area contributed by atoms with Crippen LogP contribution in [0.15, 0.2) is 24.3 Å². The number of ether oxygens (including phenoxy) is 2. The van der Waals surface area contributed by atoms with E-state index in [2.05, 4.69) is 10.9 Å². The summed E-state index contributed by atoms with van der Waals surface area (Å²) in [5.74, 6) is 1.43. The van der Waals surface area contributed by atoms with Crippen molar-refractivity contribution in [1.29, 1.82) is 0 Å². The molecule has 0 spiro atoms. The summed E-state index contributed by atoms with van der Waals surface area (Å²) in [6.45, 7) is 4.15. The van der Waals surface area contributed by atoms with E-state index < -0.39 is 6.10 Å². The van der Waals surface area contributed by atoms with E-state index in [1.807, 2.05) is 6.92 Å². The van der Waals surface area contributed by atoms with Gasteiger partial charge in [-0.15, -0.1) is 0 Å². The Hall–Kier alpha value is -2.24. The van der Waals surface area contributed by atoms with Gasteiger partial charge in [0.2, 0.25) is 5.91 Å². The van der Waals surface area contributed by atoms with E-state index >= 15 is 0 Å². The number of amides is 2. The van der Waals surface area contributed by atoms with E-state index in [1.54, 1.807) is 31.2 Å². The van der Waals surface area contributed by atoms with Gasteiger partial charge in [-0.3, -0.25) is 20.4 Å². The fourth-order valence-electron chi connectivity index (χ4n) is 2.97. The first-order valence-electron chi connectivity index (χ1n) is 9.06. The molecule has 1 aromatic carbocycles. The normalized spacial score (nSPS) is 15.4. The summed E-state index contributed by atoms with van der Waals surface area (Å²) in [4.78, 5) is 23.8. The number of carbonyl (C=O) groups is 2. The van der Waals surface area contributed by atoms with Crippen molar-refractivity contribution in [3.05, 3.63) is 24.3 Å². The molecular weight excluding hydrogens is 320 g/mol. The lowest BCUT2D eigenvalue weighted by atomic mass is 10.0. The van der Waals surface area contributed by atoms with E-state index in [9.17, 15) is 9.59 Å². The molecule has 1 aliphatic rings. The van der Waals surface area contributed by atoms with Crippen LogP contribution < -0.4 is 20.3 Å². The third kappa shape index (κ3) is 6.64. The third-order valence-electron chi connectivity index (χ3n) is 4.40. The molecule has 0 saturated heterocycles. The first kappa shape index (κ1) is 19.1. The summed E-state index contributed by atoms with van der Waals surface area (Å²) in [6, 6.07) is 7.06. The summed E-state index contributed by atoms with van der Waals surface area (Å²) < 4.78 is 10.9. The quantitative estimate of drug-likeness (QED) is 0.708. The lowest BCUT2D eigenvalue weighted by molar-refractivity contribution is -0.132. The number of hydrazine groups is 1. The number of nitrogens with one attached hydrogen (secondary N) is 2. The van der Waals surface area contributed by atoms with Gasteiger partial charge >= 0.3 is 0 Å². The number of rotatable bonds is 8. The van der Waals surface area contributed by atoms with Crippen LogP contribution in [0, 0.1) is 5.92 Å². The highest BCUT2D eigenvalue weighted by Crippen LogP contribution is 2.28. The van der Waals surface area contributed by atoms with E-state index in [0.717, 1.165) is 12.2 Å². The number of carbonyl (C=O) groups excluding carboxylic acids is 2. The van der Waals surface area contributed by atoms with Crippen molar-refractivity contribution < 1.29 is 19.1 Å². The highest BCUT2D eigenvalue weighted by atomic mass is 16.5. The number of benzene rings is 1. The molecular formula is C19H28N2O4. The standard InChI is InChI=1S/C19H28N2O4/c1-3-24-16-9-11-17(12-10-16)25-14(2)19(23)21-20-18(22)13-8-15-6-4-5-7-15/h9-12,14-15H,3-8,13H2,1-2H3,(H,20,22)(H,21,23). The molecule has 1 fully saturated rings. The van der Waals surface area contributed by atoms with Crippen molar-refractivity contribution in [3.8, 4) is 11.5 Å². The SMILES string of the molecule is CCOc1ccc(OC(C)C(=O)NNC(=O)CCC2CCCC2)cc1. The molecule has 6 nitrogen and oxygen atoms in total. The first-order chi connectivity index (χ1) is 12.1. The molecule has 1 atom stereocenters. The average molecular weight is 348 g/mol. The Balaban J connectivity index is 1.67. The van der Waals surface area contributed by atoms with Gasteiger partial charge in [0.15, 0.2) is 6.10 Å². The average Bonchev–Trinajstić information content (AvgIpc) is 3.13. The molecule has 1 unspecified atom stereocenters. The summed E-state index contributed by atoms with van der Waals surface area (Å²) in [5, 5.41) is 0. The molecule has 0 radical (unpaired) electrons. The van der Waals surface area contributed by atoms with Gasteiger partial charge in [0, 0.05) is 6.42 Å². The second kappa shape index (κ2) is 9.91. The summed E-state index contributed by atoms with van der Waals surface area (Å²) >= 11 is 0. The Morgan fingerprint density at radius 3 is 2.40 bits per heavy atom. The predicted octanol–water partition coefficient (Wildman–Crippen LogP) is 2.97. The topological polar surface area (TPSA) is 76.7 Å². The Morgan fingerprint density at radius 2 is 1.76 bits per heavy atom. The van der Waals surface area contributed by atoms with Crippen LogP contribution >= 0.6 is 0 Å². The van der Waals surface area contributed by atoms with Crippen LogP contribution in [0.4, 0.5) is 0 Å². The van der Waals surface area contributed by atoms with Gasteiger partial charge in [-0.1, -0.05) is 25.7 Å². The molecule has 0 bridgehead atoms. The molecule has 1 saturated carbocycles. The van der Waals surface area contributed by atoms with Gasteiger partial charge < -0.3 is 9.47 Å². The Kier molecular flexibility index (Phi) is 7.57. The van der Waals surface area contributed by atoms with E-state index in [4.69, 9.17) is 9.47 Å². The Bertz CT molecular complexity index is 553. The van der Waals surface area contributed by atoms with Gasteiger partial charge in [-0.05, 0) is 50.5 Å². The second-order valence-corrected chi connectivity index (χ2v) is 6.39. The maximum atomic E-state index is 12.0. The van der Waals surface area contributed by atoms with Gasteiger partial charge in [-0.2, -0.15) is 0 Å². The largest absolute Gasteiger partial charge is 0.494 e. The minimum absolute atomic E-state index is 0.159. The molecule has 1 aromatic rings. The van der Waals surface area contributed by atoms with Crippen molar-refractivity contribution in [2.45, 2.75) is 58.5 Å². The van der Waals surface area contributed by atoms with Crippen LogP contribution in [0.1, 0.15) is 52.4 Å². The zero-order valence-corrected chi connectivity index (χ0v) is 15.0. The van der Waals surface area contributed by atoms with Crippen LogP contribution in [-0.4, -0.2) is 24.5 Å². The van der Waals surface area contributed by atoms with Crippen LogP contribution in [0.2, 0.25) is 0 Å². The van der Waals surface area contributed by atoms with E-state index in [1.165, 1.54) is 25.7 Å². The fourth-order valence-corrected chi connectivity index (χ4v) is 2.97. The molecule has 0 heterocycles. The zero-order valence-electron chi connectivity index (χ0n) is 15.0. The monoisotopic (exact) mass is 348 g/mol. The molecule has 0 aliphatic heterocycles. The first-order valence-corrected chi connectivity index (χ1v) is 9.06. The number of hydrogen-bond donors (Lipinski definition) is 2. The second-order valence-electron chi connectivity index (χ2n) is 6.39.